The number of nitrogen functional groups attached to an aromatic ring is 1. The summed E-state index contributed by atoms with van der Waals surface area (Å²) in [7, 11) is 1.78. The fraction of sp³-hybridized carbons (Fsp3) is 0.417. The van der Waals surface area contributed by atoms with Crippen LogP contribution in [0.3, 0.4) is 0 Å². The number of hydrogen-bond acceptors (Lipinski definition) is 6. The van der Waals surface area contributed by atoms with E-state index in [1.165, 1.54) is 11.8 Å². The number of rotatable bonds is 6. The van der Waals surface area contributed by atoms with Crippen molar-refractivity contribution in [1.29, 1.82) is 0 Å². The van der Waals surface area contributed by atoms with Gasteiger partial charge in [0.15, 0.2) is 5.16 Å². The number of hydrogen-bond donors (Lipinski definition) is 1. The maximum Gasteiger partial charge on any atom is 0.233 e. The highest BCUT2D eigenvalue weighted by Crippen LogP contribution is 2.24. The third-order valence-electron chi connectivity index (χ3n) is 2.90. The van der Waals surface area contributed by atoms with E-state index in [0.717, 1.165) is 8.66 Å². The molecule has 1 amide bonds. The molecule has 0 radical (unpaired) electrons. The molecular weight excluding hydrogens is 374 g/mol. The average molecular weight is 390 g/mol. The predicted octanol–water partition coefficient (Wildman–Crippen LogP) is 2.36. The number of thiophene rings is 1. The summed E-state index contributed by atoms with van der Waals surface area (Å²) in [6, 6.07) is 4.02. The Morgan fingerprint density at radius 1 is 1.52 bits per heavy atom. The zero-order valence-corrected chi connectivity index (χ0v) is 15.0. The van der Waals surface area contributed by atoms with Gasteiger partial charge in [0.1, 0.15) is 0 Å². The summed E-state index contributed by atoms with van der Waals surface area (Å²) >= 11 is 6.42. The molecule has 0 aliphatic heterocycles. The fourth-order valence-corrected chi connectivity index (χ4v) is 3.99. The van der Waals surface area contributed by atoms with Crippen LogP contribution >= 0.6 is 39.0 Å². The number of nitrogens with two attached hydrogens (primary N) is 1. The Bertz CT molecular complexity index is 627. The quantitative estimate of drug-likeness (QED) is 0.767. The maximum absolute atomic E-state index is 12.3. The second kappa shape index (κ2) is 7.28. The Hall–Kier alpha value is -1.06. The molecule has 114 valence electrons. The van der Waals surface area contributed by atoms with Gasteiger partial charge in [0.2, 0.25) is 11.9 Å². The second-order valence-corrected chi connectivity index (χ2v) is 7.79. The normalized spacial score (nSPS) is 10.8. The molecule has 2 aromatic rings. The number of nitrogens with zero attached hydrogens (tertiary/aromatic N) is 4. The third kappa shape index (κ3) is 4.21. The predicted molar refractivity (Wildman–Crippen MR) is 89.2 cm³/mol. The van der Waals surface area contributed by atoms with Gasteiger partial charge in [-0.25, -0.2) is 0 Å². The average Bonchev–Trinajstić information content (AvgIpc) is 3.01. The number of carbonyl (C=O) groups excluding carboxylic acids is 1. The van der Waals surface area contributed by atoms with Gasteiger partial charge in [0.05, 0.1) is 16.1 Å². The SMILES string of the molecule is CCN(Cc1ccc(Br)s1)C(=O)CSc1nnc(N)n1C. The summed E-state index contributed by atoms with van der Waals surface area (Å²) in [5, 5.41) is 8.36. The monoisotopic (exact) mass is 389 g/mol. The first-order valence-corrected chi connectivity index (χ1v) is 8.90. The van der Waals surface area contributed by atoms with E-state index in [1.807, 2.05) is 24.0 Å². The van der Waals surface area contributed by atoms with Crippen molar-refractivity contribution in [3.63, 3.8) is 0 Å². The zero-order chi connectivity index (χ0) is 15.4. The lowest BCUT2D eigenvalue weighted by Gasteiger charge is -2.19. The minimum Gasteiger partial charge on any atom is -0.368 e. The van der Waals surface area contributed by atoms with Crippen molar-refractivity contribution in [1.82, 2.24) is 19.7 Å². The number of amides is 1. The Balaban J connectivity index is 1.92. The molecule has 9 heteroatoms. The van der Waals surface area contributed by atoms with Crippen LogP contribution in [0.25, 0.3) is 0 Å². The van der Waals surface area contributed by atoms with Crippen molar-refractivity contribution in [2.45, 2.75) is 18.6 Å². The molecule has 0 aromatic carbocycles. The van der Waals surface area contributed by atoms with Crippen LogP contribution in [0.5, 0.6) is 0 Å². The Labute approximate surface area is 139 Å². The lowest BCUT2D eigenvalue weighted by atomic mass is 10.4. The lowest BCUT2D eigenvalue weighted by molar-refractivity contribution is -0.128. The number of anilines is 1. The minimum atomic E-state index is 0.0774. The summed E-state index contributed by atoms with van der Waals surface area (Å²) in [6.45, 7) is 3.29. The van der Waals surface area contributed by atoms with E-state index < -0.39 is 0 Å². The molecule has 0 aliphatic rings. The van der Waals surface area contributed by atoms with Gasteiger partial charge in [0, 0.05) is 18.5 Å². The standard InChI is InChI=1S/C12H16BrN5OS2/c1-3-18(6-8-4-5-9(13)21-8)10(19)7-20-12-16-15-11(14)17(12)2/h4-5H,3,6-7H2,1-2H3,(H2,14,15). The van der Waals surface area contributed by atoms with E-state index in [4.69, 9.17) is 5.73 Å². The van der Waals surface area contributed by atoms with Crippen LogP contribution in [0.15, 0.2) is 21.1 Å². The number of halogens is 1. The van der Waals surface area contributed by atoms with E-state index in [1.54, 1.807) is 23.0 Å². The topological polar surface area (TPSA) is 77.0 Å². The van der Waals surface area contributed by atoms with E-state index in [2.05, 4.69) is 26.1 Å². The van der Waals surface area contributed by atoms with Crippen molar-refractivity contribution in [2.75, 3.05) is 18.0 Å². The maximum atomic E-state index is 12.3. The summed E-state index contributed by atoms with van der Waals surface area (Å²) in [5.41, 5.74) is 5.62. The molecule has 21 heavy (non-hydrogen) atoms. The first-order valence-electron chi connectivity index (χ1n) is 6.31. The summed E-state index contributed by atoms with van der Waals surface area (Å²) in [4.78, 5) is 15.3. The van der Waals surface area contributed by atoms with Gasteiger partial charge >= 0.3 is 0 Å². The molecule has 2 rings (SSSR count). The highest BCUT2D eigenvalue weighted by atomic mass is 79.9. The van der Waals surface area contributed by atoms with Gasteiger partial charge in [-0.3, -0.25) is 9.36 Å². The molecule has 0 saturated carbocycles. The molecule has 6 nitrogen and oxygen atoms in total. The van der Waals surface area contributed by atoms with Crippen LogP contribution in [0.1, 0.15) is 11.8 Å². The van der Waals surface area contributed by atoms with E-state index in [0.29, 0.717) is 29.9 Å². The van der Waals surface area contributed by atoms with E-state index in [-0.39, 0.29) is 5.91 Å². The van der Waals surface area contributed by atoms with Crippen molar-refractivity contribution in [3.05, 3.63) is 20.8 Å². The molecule has 0 atom stereocenters. The molecule has 0 unspecified atom stereocenters. The van der Waals surface area contributed by atoms with Gasteiger partial charge in [0.25, 0.3) is 0 Å². The van der Waals surface area contributed by atoms with Crippen LogP contribution < -0.4 is 5.73 Å². The van der Waals surface area contributed by atoms with Gasteiger partial charge in [-0.1, -0.05) is 11.8 Å². The van der Waals surface area contributed by atoms with Gasteiger partial charge < -0.3 is 10.6 Å². The van der Waals surface area contributed by atoms with Crippen molar-refractivity contribution < 1.29 is 4.79 Å². The van der Waals surface area contributed by atoms with Crippen molar-refractivity contribution in [2.24, 2.45) is 7.05 Å². The Morgan fingerprint density at radius 2 is 2.29 bits per heavy atom. The molecule has 2 N–H and O–H groups in total. The largest absolute Gasteiger partial charge is 0.368 e. The first kappa shape index (κ1) is 16.3. The fourth-order valence-electron chi connectivity index (χ4n) is 1.67. The summed E-state index contributed by atoms with van der Waals surface area (Å²) < 4.78 is 2.75. The molecule has 2 heterocycles. The van der Waals surface area contributed by atoms with Gasteiger partial charge in [-0.05, 0) is 35.0 Å². The van der Waals surface area contributed by atoms with Crippen LogP contribution in [0.4, 0.5) is 5.95 Å². The first-order chi connectivity index (χ1) is 10.0. The molecular formula is C12H16BrN5OS2. The highest BCUT2D eigenvalue weighted by Gasteiger charge is 2.15. The molecule has 0 bridgehead atoms. The Morgan fingerprint density at radius 3 is 2.81 bits per heavy atom. The van der Waals surface area contributed by atoms with Crippen LogP contribution in [-0.2, 0) is 18.4 Å². The number of aromatic nitrogens is 3. The van der Waals surface area contributed by atoms with Crippen LogP contribution in [-0.4, -0.2) is 37.9 Å². The zero-order valence-electron chi connectivity index (χ0n) is 11.7. The van der Waals surface area contributed by atoms with Crippen LogP contribution in [0, 0.1) is 0 Å². The summed E-state index contributed by atoms with van der Waals surface area (Å²) in [5.74, 6) is 0.751. The third-order valence-corrected chi connectivity index (χ3v) is 5.52. The Kier molecular flexibility index (Phi) is 5.65. The highest BCUT2D eigenvalue weighted by molar-refractivity contribution is 9.11. The molecule has 2 aromatic heterocycles. The summed E-state index contributed by atoms with van der Waals surface area (Å²) in [6.07, 6.45) is 0. The molecule has 0 fully saturated rings. The van der Waals surface area contributed by atoms with Crippen molar-refractivity contribution in [3.8, 4) is 0 Å². The number of carbonyl (C=O) groups is 1. The molecule has 0 saturated heterocycles. The minimum absolute atomic E-state index is 0.0774. The number of thioether (sulfide) groups is 1. The smallest absolute Gasteiger partial charge is 0.233 e. The van der Waals surface area contributed by atoms with Gasteiger partial charge in [-0.15, -0.1) is 21.5 Å². The molecule has 0 spiro atoms. The van der Waals surface area contributed by atoms with Crippen LogP contribution in [0.2, 0.25) is 0 Å². The lowest BCUT2D eigenvalue weighted by Crippen LogP contribution is -2.31. The van der Waals surface area contributed by atoms with Gasteiger partial charge in [-0.2, -0.15) is 0 Å². The van der Waals surface area contributed by atoms with E-state index >= 15 is 0 Å². The van der Waals surface area contributed by atoms with Crippen molar-refractivity contribution >= 4 is 50.9 Å². The second-order valence-electron chi connectivity index (χ2n) is 4.30. The van der Waals surface area contributed by atoms with E-state index in [9.17, 15) is 4.79 Å². The molecule has 0 aliphatic carbocycles.